The Bertz CT molecular complexity index is 1940. The molecular formula is C36H27F12NO7. The summed E-state index contributed by atoms with van der Waals surface area (Å²) >= 11 is 0. The van der Waals surface area contributed by atoms with Crippen molar-refractivity contribution in [3.63, 3.8) is 0 Å². The standard InChI is InChI=1S/C20H17F6NO4.C16H10F6O3/c1-12(28)27-9-10-30-18(29)17(13-3-2-4-15(11-13)20(24,25)26)31-16-7-5-14(6-8-16)19(21,22)23;17-15(18,19)10-4-6-12(7-5-10)25-13(14(23)24)9-2-1-3-11(8-9)16(20,21)22/h2-8,11,17H,9-10H2,1H3,(H,27,28);1-8,13H,(H,23,24). The normalized spacial score (nSPS) is 13.0. The highest BCUT2D eigenvalue weighted by Crippen LogP contribution is 2.36. The number of halogens is 12. The maximum absolute atomic E-state index is 13.0. The fraction of sp³-hybridized carbons (Fsp3) is 0.250. The third kappa shape index (κ3) is 13.4. The summed E-state index contributed by atoms with van der Waals surface area (Å²) < 4.78 is 168. The molecule has 0 radical (unpaired) electrons. The Balaban J connectivity index is 0.000000307. The average molecular weight is 814 g/mol. The van der Waals surface area contributed by atoms with E-state index in [1.807, 2.05) is 0 Å². The number of carboxylic acids is 1. The molecule has 0 saturated carbocycles. The van der Waals surface area contributed by atoms with Gasteiger partial charge in [0.2, 0.25) is 18.1 Å². The second kappa shape index (κ2) is 18.1. The van der Waals surface area contributed by atoms with Crippen molar-refractivity contribution in [2.45, 2.75) is 43.8 Å². The molecule has 0 heterocycles. The van der Waals surface area contributed by atoms with Crippen molar-refractivity contribution in [3.8, 4) is 11.5 Å². The van der Waals surface area contributed by atoms with Crippen LogP contribution in [0.1, 0.15) is 52.5 Å². The zero-order valence-electron chi connectivity index (χ0n) is 28.2. The second-order valence-corrected chi connectivity index (χ2v) is 11.3. The second-order valence-electron chi connectivity index (χ2n) is 11.3. The molecule has 2 atom stereocenters. The van der Waals surface area contributed by atoms with Gasteiger partial charge in [0.1, 0.15) is 18.1 Å². The smallest absolute Gasteiger partial charge is 0.416 e. The number of rotatable bonds is 11. The minimum Gasteiger partial charge on any atom is -0.478 e. The number of hydrogen-bond donors (Lipinski definition) is 2. The van der Waals surface area contributed by atoms with E-state index in [9.17, 15) is 72.2 Å². The number of carbonyl (C=O) groups is 3. The largest absolute Gasteiger partial charge is 0.478 e. The van der Waals surface area contributed by atoms with E-state index in [-0.39, 0.29) is 41.7 Å². The van der Waals surface area contributed by atoms with Gasteiger partial charge in [0, 0.05) is 18.1 Å². The first-order valence-electron chi connectivity index (χ1n) is 15.5. The van der Waals surface area contributed by atoms with Crippen LogP contribution in [-0.2, 0) is 43.8 Å². The maximum atomic E-state index is 13.0. The maximum Gasteiger partial charge on any atom is 0.416 e. The van der Waals surface area contributed by atoms with Crippen LogP contribution in [0.4, 0.5) is 52.7 Å². The first-order chi connectivity index (χ1) is 25.9. The number of ether oxygens (including phenoxy) is 3. The molecule has 4 aromatic rings. The number of aliphatic carboxylic acids is 1. The van der Waals surface area contributed by atoms with E-state index < -0.39 is 71.1 Å². The molecule has 0 aliphatic rings. The molecule has 2 N–H and O–H groups in total. The number of nitrogens with one attached hydrogen (secondary N) is 1. The molecule has 302 valence electrons. The van der Waals surface area contributed by atoms with Crippen LogP contribution < -0.4 is 14.8 Å². The molecule has 20 heteroatoms. The van der Waals surface area contributed by atoms with Crippen LogP contribution in [0.2, 0.25) is 0 Å². The minimum absolute atomic E-state index is 0.0450. The van der Waals surface area contributed by atoms with Gasteiger partial charge in [-0.3, -0.25) is 4.79 Å². The lowest BCUT2D eigenvalue weighted by Gasteiger charge is -2.20. The molecule has 0 spiro atoms. The summed E-state index contributed by atoms with van der Waals surface area (Å²) in [5, 5.41) is 11.5. The lowest BCUT2D eigenvalue weighted by Crippen LogP contribution is -2.28. The minimum atomic E-state index is -4.69. The van der Waals surface area contributed by atoms with Crippen LogP contribution >= 0.6 is 0 Å². The lowest BCUT2D eigenvalue weighted by molar-refractivity contribution is -0.152. The predicted molar refractivity (Wildman–Crippen MR) is 170 cm³/mol. The molecule has 0 bridgehead atoms. The van der Waals surface area contributed by atoms with Gasteiger partial charge in [-0.15, -0.1) is 0 Å². The van der Waals surface area contributed by atoms with Crippen molar-refractivity contribution in [1.82, 2.24) is 5.32 Å². The fourth-order valence-electron chi connectivity index (χ4n) is 4.44. The molecular weight excluding hydrogens is 786 g/mol. The van der Waals surface area contributed by atoms with Crippen molar-refractivity contribution in [2.75, 3.05) is 13.2 Å². The van der Waals surface area contributed by atoms with Crippen LogP contribution in [-0.4, -0.2) is 36.1 Å². The van der Waals surface area contributed by atoms with Crippen LogP contribution in [0, 0.1) is 0 Å². The Labute approximate surface area is 308 Å². The van der Waals surface area contributed by atoms with Gasteiger partial charge < -0.3 is 24.6 Å². The quantitative estimate of drug-likeness (QED) is 0.0882. The van der Waals surface area contributed by atoms with Gasteiger partial charge in [0.25, 0.3) is 0 Å². The van der Waals surface area contributed by atoms with Crippen LogP contribution in [0.3, 0.4) is 0 Å². The van der Waals surface area contributed by atoms with E-state index >= 15 is 0 Å². The zero-order chi connectivity index (χ0) is 42.1. The number of carbonyl (C=O) groups excluding carboxylic acids is 2. The molecule has 8 nitrogen and oxygen atoms in total. The first-order valence-corrected chi connectivity index (χ1v) is 15.5. The predicted octanol–water partition coefficient (Wildman–Crippen LogP) is 9.45. The Hall–Kier alpha value is -5.95. The van der Waals surface area contributed by atoms with E-state index in [0.29, 0.717) is 36.4 Å². The molecule has 4 aromatic carbocycles. The summed E-state index contributed by atoms with van der Waals surface area (Å²) in [6.07, 6.45) is -22.0. The van der Waals surface area contributed by atoms with Crippen molar-refractivity contribution in [1.29, 1.82) is 0 Å². The SMILES string of the molecule is CC(=O)NCCOC(=O)C(Oc1ccc(C(F)(F)F)cc1)c1cccc(C(F)(F)F)c1.O=C(O)C(Oc1ccc(C(F)(F)F)cc1)c1cccc(C(F)(F)F)c1. The van der Waals surface area contributed by atoms with Crippen molar-refractivity contribution in [3.05, 3.63) is 130 Å². The summed E-state index contributed by atoms with van der Waals surface area (Å²) in [5.41, 5.74) is -4.54. The van der Waals surface area contributed by atoms with Gasteiger partial charge in [-0.2, -0.15) is 52.7 Å². The van der Waals surface area contributed by atoms with Gasteiger partial charge in [0.15, 0.2) is 0 Å². The molecule has 0 aliphatic carbocycles. The highest BCUT2D eigenvalue weighted by atomic mass is 19.4. The lowest BCUT2D eigenvalue weighted by atomic mass is 10.1. The Morgan fingerprint density at radius 1 is 0.571 bits per heavy atom. The Morgan fingerprint density at radius 3 is 1.30 bits per heavy atom. The highest BCUT2D eigenvalue weighted by molar-refractivity contribution is 5.77. The summed E-state index contributed by atoms with van der Waals surface area (Å²) in [7, 11) is 0. The summed E-state index contributed by atoms with van der Waals surface area (Å²) in [5.74, 6) is -3.46. The number of alkyl halides is 12. The van der Waals surface area contributed by atoms with Crippen LogP contribution in [0.15, 0.2) is 97.1 Å². The molecule has 0 aromatic heterocycles. The Kier molecular flexibility index (Phi) is 14.4. The average Bonchev–Trinajstić information content (AvgIpc) is 3.10. The van der Waals surface area contributed by atoms with E-state index in [1.165, 1.54) is 13.0 Å². The number of hydrogen-bond acceptors (Lipinski definition) is 6. The molecule has 56 heavy (non-hydrogen) atoms. The van der Waals surface area contributed by atoms with Gasteiger partial charge in [-0.1, -0.05) is 24.3 Å². The zero-order valence-corrected chi connectivity index (χ0v) is 28.2. The number of carboxylic acid groups (broad SMARTS) is 1. The molecule has 0 fully saturated rings. The van der Waals surface area contributed by atoms with Crippen LogP contribution in [0.5, 0.6) is 11.5 Å². The first kappa shape index (κ1) is 44.4. The summed E-state index contributed by atoms with van der Waals surface area (Å²) in [6.45, 7) is 0.905. The van der Waals surface area contributed by atoms with E-state index in [1.54, 1.807) is 0 Å². The summed E-state index contributed by atoms with van der Waals surface area (Å²) in [6, 6.07) is 13.7. The van der Waals surface area contributed by atoms with Gasteiger partial charge in [0.05, 0.1) is 28.8 Å². The van der Waals surface area contributed by atoms with E-state index in [0.717, 1.165) is 54.6 Å². The van der Waals surface area contributed by atoms with Crippen molar-refractivity contribution in [2.24, 2.45) is 0 Å². The molecule has 4 rings (SSSR count). The monoisotopic (exact) mass is 813 g/mol. The molecule has 0 saturated heterocycles. The Morgan fingerprint density at radius 2 is 0.946 bits per heavy atom. The van der Waals surface area contributed by atoms with E-state index in [2.05, 4.69) is 5.32 Å². The number of amides is 1. The van der Waals surface area contributed by atoms with Crippen molar-refractivity contribution < 1.29 is 86.4 Å². The summed E-state index contributed by atoms with van der Waals surface area (Å²) in [4.78, 5) is 34.6. The third-order valence-electron chi connectivity index (χ3n) is 7.06. The van der Waals surface area contributed by atoms with Gasteiger partial charge in [-0.05, 0) is 72.8 Å². The number of benzene rings is 4. The topological polar surface area (TPSA) is 111 Å². The molecule has 1 amide bonds. The van der Waals surface area contributed by atoms with Crippen LogP contribution in [0.25, 0.3) is 0 Å². The molecule has 0 aliphatic heterocycles. The van der Waals surface area contributed by atoms with Crippen molar-refractivity contribution >= 4 is 17.8 Å². The third-order valence-corrected chi connectivity index (χ3v) is 7.06. The van der Waals surface area contributed by atoms with E-state index in [4.69, 9.17) is 14.2 Å². The van der Waals surface area contributed by atoms with Gasteiger partial charge in [-0.25, -0.2) is 9.59 Å². The van der Waals surface area contributed by atoms with Gasteiger partial charge >= 0.3 is 36.6 Å². The fourth-order valence-corrected chi connectivity index (χ4v) is 4.44. The number of esters is 1. The molecule has 2 unspecified atom stereocenters. The highest BCUT2D eigenvalue weighted by Gasteiger charge is 2.35.